The van der Waals surface area contributed by atoms with Gasteiger partial charge in [0.1, 0.15) is 11.3 Å². The van der Waals surface area contributed by atoms with Gasteiger partial charge in [0.2, 0.25) is 0 Å². The van der Waals surface area contributed by atoms with Crippen LogP contribution in [0.3, 0.4) is 0 Å². The normalized spacial score (nSPS) is 10.8. The number of aromatic carboxylic acids is 1. The van der Waals surface area contributed by atoms with Crippen LogP contribution < -0.4 is 10.1 Å². The number of carboxylic acid groups (broad SMARTS) is 1. The average molecular weight is 285 g/mol. The van der Waals surface area contributed by atoms with Gasteiger partial charge in [0.05, 0.1) is 12.7 Å². The molecule has 0 fully saturated rings. The molecule has 0 aliphatic carbocycles. The summed E-state index contributed by atoms with van der Waals surface area (Å²) >= 11 is 0. The van der Waals surface area contributed by atoms with Crippen molar-refractivity contribution in [3.8, 4) is 5.75 Å². The fourth-order valence-electron chi connectivity index (χ4n) is 1.46. The minimum atomic E-state index is -1.32. The third kappa shape index (κ3) is 3.84. The maximum Gasteiger partial charge on any atom is 0.412 e. The highest BCUT2D eigenvalue weighted by Crippen LogP contribution is 2.32. The first-order chi connectivity index (χ1) is 9.15. The Morgan fingerprint density at radius 1 is 1.30 bits per heavy atom. The molecule has 1 aromatic rings. The summed E-state index contributed by atoms with van der Waals surface area (Å²) in [6.45, 7) is 4.94. The largest absolute Gasteiger partial charge is 0.492 e. The molecule has 110 valence electrons. The number of anilines is 1. The summed E-state index contributed by atoms with van der Waals surface area (Å²) in [7, 11) is 1.17. The van der Waals surface area contributed by atoms with E-state index in [0.29, 0.717) is 0 Å². The Kier molecular flexibility index (Phi) is 4.54. The molecule has 0 radical (unpaired) electrons. The van der Waals surface area contributed by atoms with Gasteiger partial charge >= 0.3 is 12.1 Å². The van der Waals surface area contributed by atoms with Gasteiger partial charge in [0.25, 0.3) is 0 Å². The molecule has 0 bridgehead atoms. The van der Waals surface area contributed by atoms with Crippen molar-refractivity contribution >= 4 is 17.7 Å². The maximum absolute atomic E-state index is 13.6. The van der Waals surface area contributed by atoms with Crippen molar-refractivity contribution in [1.29, 1.82) is 0 Å². The summed E-state index contributed by atoms with van der Waals surface area (Å²) < 4.78 is 23.4. The van der Waals surface area contributed by atoms with Crippen LogP contribution in [0.2, 0.25) is 0 Å². The van der Waals surface area contributed by atoms with E-state index < -0.39 is 23.5 Å². The molecule has 2 N–H and O–H groups in total. The molecule has 1 rings (SSSR count). The topological polar surface area (TPSA) is 84.9 Å². The van der Waals surface area contributed by atoms with E-state index in [1.54, 1.807) is 20.8 Å². The van der Waals surface area contributed by atoms with Crippen LogP contribution in [0.25, 0.3) is 0 Å². The van der Waals surface area contributed by atoms with Crippen LogP contribution in [-0.2, 0) is 4.74 Å². The highest BCUT2D eigenvalue weighted by molar-refractivity contribution is 6.00. The molecule has 20 heavy (non-hydrogen) atoms. The highest BCUT2D eigenvalue weighted by Gasteiger charge is 2.23. The number of amides is 1. The van der Waals surface area contributed by atoms with Crippen LogP contribution in [-0.4, -0.2) is 29.9 Å². The zero-order valence-electron chi connectivity index (χ0n) is 11.6. The standard InChI is InChI=1S/C13H16FNO5/c1-13(2,3)20-12(18)15-9-7(11(16)17)5-6-8(14)10(9)19-4/h5-6H,1-4H3,(H,15,18)(H,16,17). The van der Waals surface area contributed by atoms with Crippen LogP contribution in [0.15, 0.2) is 12.1 Å². The minimum absolute atomic E-state index is 0.283. The van der Waals surface area contributed by atoms with Gasteiger partial charge in [-0.25, -0.2) is 14.0 Å². The SMILES string of the molecule is COc1c(F)ccc(C(=O)O)c1NC(=O)OC(C)(C)C. The average Bonchev–Trinajstić information content (AvgIpc) is 2.26. The first-order valence-electron chi connectivity index (χ1n) is 5.75. The maximum atomic E-state index is 13.6. The monoisotopic (exact) mass is 285 g/mol. The number of rotatable bonds is 3. The summed E-state index contributed by atoms with van der Waals surface area (Å²) in [5.41, 5.74) is -1.35. The smallest absolute Gasteiger partial charge is 0.412 e. The molecule has 0 heterocycles. The second-order valence-corrected chi connectivity index (χ2v) is 4.94. The van der Waals surface area contributed by atoms with Gasteiger partial charge < -0.3 is 14.6 Å². The van der Waals surface area contributed by atoms with E-state index in [2.05, 4.69) is 5.32 Å². The van der Waals surface area contributed by atoms with E-state index in [1.807, 2.05) is 0 Å². The van der Waals surface area contributed by atoms with Gasteiger partial charge in [-0.05, 0) is 32.9 Å². The van der Waals surface area contributed by atoms with E-state index >= 15 is 0 Å². The summed E-state index contributed by atoms with van der Waals surface area (Å²) in [5, 5.41) is 11.3. The third-order valence-corrected chi connectivity index (χ3v) is 2.17. The van der Waals surface area contributed by atoms with E-state index in [0.717, 1.165) is 12.1 Å². The lowest BCUT2D eigenvalue weighted by Gasteiger charge is -2.21. The van der Waals surface area contributed by atoms with E-state index in [9.17, 15) is 14.0 Å². The van der Waals surface area contributed by atoms with E-state index in [1.165, 1.54) is 7.11 Å². The number of methoxy groups -OCH3 is 1. The molecule has 7 heteroatoms. The first-order valence-corrected chi connectivity index (χ1v) is 5.75. The number of ether oxygens (including phenoxy) is 2. The Hall–Kier alpha value is -2.31. The van der Waals surface area contributed by atoms with Crippen LogP contribution in [0.1, 0.15) is 31.1 Å². The number of carbonyl (C=O) groups is 2. The third-order valence-electron chi connectivity index (χ3n) is 2.17. The predicted octanol–water partition coefficient (Wildman–Crippen LogP) is 2.88. The molecule has 6 nitrogen and oxygen atoms in total. The number of benzene rings is 1. The molecule has 0 saturated heterocycles. The molecule has 0 aromatic heterocycles. The quantitative estimate of drug-likeness (QED) is 0.892. The number of carbonyl (C=O) groups excluding carboxylic acids is 1. The summed E-state index contributed by atoms with van der Waals surface area (Å²) in [6, 6.07) is 1.98. The molecular weight excluding hydrogens is 269 g/mol. The van der Waals surface area contributed by atoms with Gasteiger partial charge in [-0.15, -0.1) is 0 Å². The van der Waals surface area contributed by atoms with Gasteiger partial charge in [0.15, 0.2) is 11.6 Å². The fraction of sp³-hybridized carbons (Fsp3) is 0.385. The van der Waals surface area contributed by atoms with E-state index in [4.69, 9.17) is 14.6 Å². The van der Waals surface area contributed by atoms with Crippen molar-refractivity contribution in [1.82, 2.24) is 0 Å². The fourth-order valence-corrected chi connectivity index (χ4v) is 1.46. The lowest BCUT2D eigenvalue weighted by Crippen LogP contribution is -2.28. The molecule has 0 saturated carbocycles. The van der Waals surface area contributed by atoms with Crippen LogP contribution in [0.4, 0.5) is 14.9 Å². The van der Waals surface area contributed by atoms with Crippen molar-refractivity contribution in [3.63, 3.8) is 0 Å². The van der Waals surface area contributed by atoms with Crippen molar-refractivity contribution in [2.45, 2.75) is 26.4 Å². The number of nitrogens with one attached hydrogen (secondary N) is 1. The molecule has 0 spiro atoms. The van der Waals surface area contributed by atoms with Crippen LogP contribution >= 0.6 is 0 Å². The lowest BCUT2D eigenvalue weighted by molar-refractivity contribution is 0.0635. The molecule has 0 aliphatic rings. The number of hydrogen-bond acceptors (Lipinski definition) is 4. The number of hydrogen-bond donors (Lipinski definition) is 2. The Labute approximate surface area is 115 Å². The number of halogens is 1. The summed E-state index contributed by atoms with van der Waals surface area (Å²) in [4.78, 5) is 22.8. The molecule has 1 amide bonds. The molecule has 1 aromatic carbocycles. The molecule has 0 aliphatic heterocycles. The zero-order chi connectivity index (χ0) is 15.5. The van der Waals surface area contributed by atoms with Crippen molar-refractivity contribution in [2.24, 2.45) is 0 Å². The number of carboxylic acids is 1. The van der Waals surface area contributed by atoms with Crippen LogP contribution in [0.5, 0.6) is 5.75 Å². The predicted molar refractivity (Wildman–Crippen MR) is 69.8 cm³/mol. The van der Waals surface area contributed by atoms with Crippen LogP contribution in [0, 0.1) is 5.82 Å². The van der Waals surface area contributed by atoms with Gasteiger partial charge in [-0.2, -0.15) is 0 Å². The molecule has 0 unspecified atom stereocenters. The van der Waals surface area contributed by atoms with Crippen molar-refractivity contribution in [3.05, 3.63) is 23.5 Å². The Balaban J connectivity index is 3.18. The Morgan fingerprint density at radius 3 is 2.35 bits per heavy atom. The Morgan fingerprint density at radius 2 is 1.90 bits per heavy atom. The zero-order valence-corrected chi connectivity index (χ0v) is 11.6. The Bertz CT molecular complexity index is 536. The van der Waals surface area contributed by atoms with Crippen molar-refractivity contribution in [2.75, 3.05) is 12.4 Å². The molecular formula is C13H16FNO5. The van der Waals surface area contributed by atoms with Gasteiger partial charge in [-0.1, -0.05) is 0 Å². The lowest BCUT2D eigenvalue weighted by atomic mass is 10.1. The molecule has 0 atom stereocenters. The first kappa shape index (κ1) is 15.7. The summed E-state index contributed by atoms with van der Waals surface area (Å²) in [5.74, 6) is -2.48. The van der Waals surface area contributed by atoms with E-state index in [-0.39, 0.29) is 17.0 Å². The minimum Gasteiger partial charge on any atom is -0.492 e. The van der Waals surface area contributed by atoms with Crippen molar-refractivity contribution < 1.29 is 28.6 Å². The summed E-state index contributed by atoms with van der Waals surface area (Å²) in [6.07, 6.45) is -0.899. The highest BCUT2D eigenvalue weighted by atomic mass is 19.1. The van der Waals surface area contributed by atoms with Gasteiger partial charge in [0, 0.05) is 0 Å². The second kappa shape index (κ2) is 5.77. The van der Waals surface area contributed by atoms with Gasteiger partial charge in [-0.3, -0.25) is 5.32 Å². The second-order valence-electron chi connectivity index (χ2n) is 4.94.